The van der Waals surface area contributed by atoms with Crippen molar-refractivity contribution < 1.29 is 22.6 Å². The van der Waals surface area contributed by atoms with Gasteiger partial charge < -0.3 is 9.47 Å². The molecule has 0 unspecified atom stereocenters. The van der Waals surface area contributed by atoms with E-state index in [0.29, 0.717) is 41.9 Å². The van der Waals surface area contributed by atoms with Gasteiger partial charge in [0.05, 0.1) is 13.2 Å². The van der Waals surface area contributed by atoms with Gasteiger partial charge in [0, 0.05) is 17.0 Å². The van der Waals surface area contributed by atoms with Crippen molar-refractivity contribution in [3.05, 3.63) is 95.3 Å². The summed E-state index contributed by atoms with van der Waals surface area (Å²) >= 11 is 0. The zero-order valence-corrected chi connectivity index (χ0v) is 25.1. The molecule has 1 saturated heterocycles. The molecule has 0 spiro atoms. The van der Waals surface area contributed by atoms with Crippen LogP contribution in [0.25, 0.3) is 22.3 Å². The van der Waals surface area contributed by atoms with Crippen LogP contribution in [0.15, 0.2) is 66.7 Å². The minimum absolute atomic E-state index is 0.0100. The van der Waals surface area contributed by atoms with Crippen LogP contribution in [0.1, 0.15) is 95.1 Å². The minimum atomic E-state index is -0.860. The van der Waals surface area contributed by atoms with Crippen LogP contribution in [0.4, 0.5) is 13.2 Å². The molecule has 1 aliphatic heterocycles. The molecule has 42 heavy (non-hydrogen) atoms. The topological polar surface area (TPSA) is 18.5 Å². The number of benzene rings is 3. The summed E-state index contributed by atoms with van der Waals surface area (Å²) in [5, 5.41) is 0. The Bertz CT molecular complexity index is 1280. The summed E-state index contributed by atoms with van der Waals surface area (Å²) in [6.45, 7) is 5.34. The number of allylic oxidation sites excluding steroid dienone is 2. The first kappa shape index (κ1) is 32.0. The lowest BCUT2D eigenvalue weighted by molar-refractivity contribution is -0.190. The predicted octanol–water partition coefficient (Wildman–Crippen LogP) is 10.9. The molecule has 1 heterocycles. The standard InChI is InChI=1S/C37H45F3O2/c1-3-5-7-9-10-11-13-15-35-41-25-31(26-42-35)30-21-22-32(34(38)24-30)27-16-18-28(19-17-27)33-23-20-29(36(39)37(33)40)14-12-8-6-4-2/h8,12,16-24,31,35H,3-7,9-11,13-15,25-26H2,1-2H3. The maximum absolute atomic E-state index is 15.2. The Labute approximate surface area is 250 Å². The molecule has 226 valence electrons. The van der Waals surface area contributed by atoms with Gasteiger partial charge in [0.2, 0.25) is 0 Å². The molecule has 0 atom stereocenters. The summed E-state index contributed by atoms with van der Waals surface area (Å²) in [6.07, 6.45) is 15.7. The third kappa shape index (κ3) is 8.81. The van der Waals surface area contributed by atoms with E-state index in [1.165, 1.54) is 38.5 Å². The van der Waals surface area contributed by atoms with Crippen LogP contribution in [0.2, 0.25) is 0 Å². The number of ether oxygens (including phenoxy) is 2. The van der Waals surface area contributed by atoms with Crippen molar-refractivity contribution in [3.63, 3.8) is 0 Å². The molecule has 0 N–H and O–H groups in total. The van der Waals surface area contributed by atoms with E-state index in [-0.39, 0.29) is 23.6 Å². The van der Waals surface area contributed by atoms with Gasteiger partial charge in [-0.15, -0.1) is 0 Å². The van der Waals surface area contributed by atoms with E-state index in [9.17, 15) is 8.78 Å². The van der Waals surface area contributed by atoms with E-state index in [0.717, 1.165) is 31.2 Å². The van der Waals surface area contributed by atoms with Gasteiger partial charge in [0.25, 0.3) is 0 Å². The van der Waals surface area contributed by atoms with Gasteiger partial charge in [-0.1, -0.05) is 119 Å². The quantitative estimate of drug-likeness (QED) is 0.132. The minimum Gasteiger partial charge on any atom is -0.352 e. The van der Waals surface area contributed by atoms with Crippen LogP contribution in [0.3, 0.4) is 0 Å². The van der Waals surface area contributed by atoms with Crippen LogP contribution in [0.5, 0.6) is 0 Å². The number of rotatable bonds is 15. The molecule has 0 radical (unpaired) electrons. The normalized spacial score (nSPS) is 17.3. The van der Waals surface area contributed by atoms with Crippen molar-refractivity contribution in [3.8, 4) is 22.3 Å². The fraction of sp³-hybridized carbons (Fsp3) is 0.459. The molecule has 0 aliphatic carbocycles. The Morgan fingerprint density at radius 1 is 0.690 bits per heavy atom. The highest BCUT2D eigenvalue weighted by atomic mass is 19.2. The molecule has 3 aromatic rings. The van der Waals surface area contributed by atoms with Crippen molar-refractivity contribution in [2.24, 2.45) is 0 Å². The summed E-state index contributed by atoms with van der Waals surface area (Å²) in [4.78, 5) is 0. The molecule has 5 heteroatoms. The van der Waals surface area contributed by atoms with Crippen LogP contribution >= 0.6 is 0 Å². The second-order valence-corrected chi connectivity index (χ2v) is 11.4. The average Bonchev–Trinajstić information content (AvgIpc) is 3.01. The highest BCUT2D eigenvalue weighted by Gasteiger charge is 2.24. The van der Waals surface area contributed by atoms with Crippen LogP contribution in [-0.2, 0) is 15.9 Å². The van der Waals surface area contributed by atoms with Gasteiger partial charge in [-0.05, 0) is 54.0 Å². The summed E-state index contributed by atoms with van der Waals surface area (Å²) in [5.74, 6) is -2.02. The van der Waals surface area contributed by atoms with Crippen LogP contribution in [-0.4, -0.2) is 19.5 Å². The fourth-order valence-corrected chi connectivity index (χ4v) is 5.48. The Kier molecular flexibility index (Phi) is 12.7. The molecule has 1 fully saturated rings. The Balaban J connectivity index is 1.32. The smallest absolute Gasteiger partial charge is 0.166 e. The maximum atomic E-state index is 15.2. The number of unbranched alkanes of at least 4 members (excludes halogenated alkanes) is 7. The van der Waals surface area contributed by atoms with Crippen LogP contribution in [0, 0.1) is 17.5 Å². The highest BCUT2D eigenvalue weighted by Crippen LogP contribution is 2.32. The second kappa shape index (κ2) is 16.7. The van der Waals surface area contributed by atoms with Crippen molar-refractivity contribution in [2.45, 2.75) is 96.7 Å². The third-order valence-corrected chi connectivity index (χ3v) is 8.10. The maximum Gasteiger partial charge on any atom is 0.166 e. The molecular formula is C37H45F3O2. The van der Waals surface area contributed by atoms with E-state index in [1.807, 2.05) is 18.2 Å². The molecule has 0 aromatic heterocycles. The summed E-state index contributed by atoms with van der Waals surface area (Å²) in [6, 6.07) is 15.4. The first-order valence-electron chi connectivity index (χ1n) is 15.8. The molecule has 0 amide bonds. The average molecular weight is 579 g/mol. The zero-order chi connectivity index (χ0) is 29.7. The van der Waals surface area contributed by atoms with Crippen molar-refractivity contribution in [1.82, 2.24) is 0 Å². The zero-order valence-electron chi connectivity index (χ0n) is 25.1. The molecule has 3 aromatic carbocycles. The van der Waals surface area contributed by atoms with Crippen molar-refractivity contribution >= 4 is 0 Å². The van der Waals surface area contributed by atoms with Gasteiger partial charge in [-0.25, -0.2) is 13.2 Å². The number of halogens is 3. The lowest BCUT2D eigenvalue weighted by atomic mass is 9.94. The van der Waals surface area contributed by atoms with Gasteiger partial charge in [0.1, 0.15) is 5.82 Å². The number of hydrogen-bond donors (Lipinski definition) is 0. The molecule has 2 nitrogen and oxygen atoms in total. The Morgan fingerprint density at radius 2 is 1.33 bits per heavy atom. The van der Waals surface area contributed by atoms with Crippen LogP contribution < -0.4 is 0 Å². The van der Waals surface area contributed by atoms with E-state index >= 15 is 4.39 Å². The van der Waals surface area contributed by atoms with Gasteiger partial charge in [0.15, 0.2) is 17.9 Å². The first-order chi connectivity index (χ1) is 20.5. The third-order valence-electron chi connectivity index (χ3n) is 8.10. The Hall–Kier alpha value is -2.89. The second-order valence-electron chi connectivity index (χ2n) is 11.4. The molecule has 1 aliphatic rings. The van der Waals surface area contributed by atoms with Crippen molar-refractivity contribution in [2.75, 3.05) is 13.2 Å². The van der Waals surface area contributed by atoms with E-state index in [2.05, 4.69) is 13.8 Å². The van der Waals surface area contributed by atoms with Gasteiger partial charge in [-0.3, -0.25) is 0 Å². The summed E-state index contributed by atoms with van der Waals surface area (Å²) < 4.78 is 56.7. The molecule has 4 rings (SSSR count). The van der Waals surface area contributed by atoms with E-state index < -0.39 is 11.6 Å². The van der Waals surface area contributed by atoms with E-state index in [1.54, 1.807) is 48.5 Å². The van der Waals surface area contributed by atoms with Crippen molar-refractivity contribution in [1.29, 1.82) is 0 Å². The Morgan fingerprint density at radius 3 is 2.00 bits per heavy atom. The highest BCUT2D eigenvalue weighted by molar-refractivity contribution is 5.71. The summed E-state index contributed by atoms with van der Waals surface area (Å²) in [7, 11) is 0. The predicted molar refractivity (Wildman–Crippen MR) is 166 cm³/mol. The monoisotopic (exact) mass is 578 g/mol. The fourth-order valence-electron chi connectivity index (χ4n) is 5.48. The molecule has 0 saturated carbocycles. The number of hydrogen-bond acceptors (Lipinski definition) is 2. The van der Waals surface area contributed by atoms with Gasteiger partial charge >= 0.3 is 0 Å². The molecule has 0 bridgehead atoms. The summed E-state index contributed by atoms with van der Waals surface area (Å²) in [5.41, 5.74) is 3.05. The van der Waals surface area contributed by atoms with E-state index in [4.69, 9.17) is 9.47 Å². The lowest BCUT2D eigenvalue weighted by Crippen LogP contribution is -2.30. The largest absolute Gasteiger partial charge is 0.352 e. The molecular weight excluding hydrogens is 533 g/mol. The van der Waals surface area contributed by atoms with Gasteiger partial charge in [-0.2, -0.15) is 0 Å². The SMILES string of the molecule is CCCC=CCc1ccc(-c2ccc(-c3ccc(C4COC(CCCCCCCCC)OC4)cc3F)cc2)c(F)c1F. The first-order valence-corrected chi connectivity index (χ1v) is 15.8. The lowest BCUT2D eigenvalue weighted by Gasteiger charge is -2.30.